The van der Waals surface area contributed by atoms with Crippen LogP contribution in [0.25, 0.3) is 0 Å². The quantitative estimate of drug-likeness (QED) is 0.417. The first kappa shape index (κ1) is 13.6. The molecule has 0 aromatic heterocycles. The Morgan fingerprint density at radius 1 is 1.18 bits per heavy atom. The summed E-state index contributed by atoms with van der Waals surface area (Å²) in [5.74, 6) is 2.14. The third-order valence-corrected chi connectivity index (χ3v) is 2.59. The van der Waals surface area contributed by atoms with E-state index >= 15 is 0 Å². The molecule has 1 aliphatic rings. The van der Waals surface area contributed by atoms with Crippen LogP contribution in [-0.2, 0) is 19.1 Å². The van der Waals surface area contributed by atoms with Gasteiger partial charge in [-0.05, 0) is 12.8 Å². The molecule has 1 heterocycles. The van der Waals surface area contributed by atoms with Crippen LogP contribution in [-0.4, -0.2) is 17.7 Å². The molecule has 94 valence electrons. The van der Waals surface area contributed by atoms with Crippen molar-refractivity contribution in [1.82, 2.24) is 0 Å². The number of carbonyl (C=O) groups excluding carboxylic acids is 2. The van der Waals surface area contributed by atoms with Crippen LogP contribution in [0.3, 0.4) is 0 Å². The number of esters is 2. The Bertz CT molecular complexity index is 364. The minimum atomic E-state index is -1.17. The molecule has 4 nitrogen and oxygen atoms in total. The maximum Gasteiger partial charge on any atom is 0.324 e. The predicted molar refractivity (Wildman–Crippen MR) is 61.5 cm³/mol. The third-order valence-electron chi connectivity index (χ3n) is 2.59. The SMILES string of the molecule is CC#CC(C(C)C)C1C(=O)OC(C)(C)OC1=O. The van der Waals surface area contributed by atoms with E-state index in [9.17, 15) is 9.59 Å². The second-order valence-corrected chi connectivity index (χ2v) is 4.88. The van der Waals surface area contributed by atoms with Gasteiger partial charge < -0.3 is 9.47 Å². The van der Waals surface area contributed by atoms with Gasteiger partial charge in [0.25, 0.3) is 5.79 Å². The van der Waals surface area contributed by atoms with Gasteiger partial charge >= 0.3 is 11.9 Å². The minimum Gasteiger partial charge on any atom is -0.422 e. The molecule has 1 saturated heterocycles. The van der Waals surface area contributed by atoms with Gasteiger partial charge in [-0.1, -0.05) is 19.8 Å². The summed E-state index contributed by atoms with van der Waals surface area (Å²) in [6, 6.07) is 0. The van der Waals surface area contributed by atoms with Crippen molar-refractivity contribution in [2.45, 2.75) is 40.4 Å². The number of ether oxygens (including phenoxy) is 2. The molecule has 0 spiro atoms. The molecule has 0 amide bonds. The topological polar surface area (TPSA) is 52.6 Å². The Hall–Kier alpha value is -1.50. The van der Waals surface area contributed by atoms with E-state index in [1.807, 2.05) is 13.8 Å². The van der Waals surface area contributed by atoms with E-state index in [2.05, 4.69) is 11.8 Å². The van der Waals surface area contributed by atoms with Crippen LogP contribution in [0, 0.1) is 29.6 Å². The molecule has 0 aromatic rings. The van der Waals surface area contributed by atoms with Gasteiger partial charge in [0.2, 0.25) is 0 Å². The molecule has 0 radical (unpaired) electrons. The standard InChI is InChI=1S/C13H18O4/c1-6-7-9(8(2)3)10-11(14)16-13(4,5)17-12(10)15/h8-10H,1-5H3. The number of hydrogen-bond acceptors (Lipinski definition) is 4. The highest BCUT2D eigenvalue weighted by atomic mass is 16.7. The van der Waals surface area contributed by atoms with Crippen molar-refractivity contribution >= 4 is 11.9 Å². The van der Waals surface area contributed by atoms with Gasteiger partial charge in [0, 0.05) is 19.8 Å². The average molecular weight is 238 g/mol. The first-order valence-corrected chi connectivity index (χ1v) is 5.66. The van der Waals surface area contributed by atoms with Crippen molar-refractivity contribution in [3.05, 3.63) is 0 Å². The monoisotopic (exact) mass is 238 g/mol. The van der Waals surface area contributed by atoms with Crippen LogP contribution < -0.4 is 0 Å². The van der Waals surface area contributed by atoms with E-state index in [1.54, 1.807) is 6.92 Å². The van der Waals surface area contributed by atoms with Gasteiger partial charge in [0.1, 0.15) is 0 Å². The number of rotatable bonds is 2. The van der Waals surface area contributed by atoms with Gasteiger partial charge in [-0.15, -0.1) is 5.92 Å². The second kappa shape index (κ2) is 4.79. The van der Waals surface area contributed by atoms with E-state index in [0.29, 0.717) is 0 Å². The van der Waals surface area contributed by atoms with E-state index in [4.69, 9.17) is 9.47 Å². The normalized spacial score (nSPS) is 21.3. The van der Waals surface area contributed by atoms with Crippen molar-refractivity contribution < 1.29 is 19.1 Å². The fourth-order valence-corrected chi connectivity index (χ4v) is 1.82. The molecule has 1 aliphatic heterocycles. The largest absolute Gasteiger partial charge is 0.422 e. The van der Waals surface area contributed by atoms with E-state index < -0.39 is 23.6 Å². The third kappa shape index (κ3) is 3.00. The smallest absolute Gasteiger partial charge is 0.324 e. The van der Waals surface area contributed by atoms with Crippen LogP contribution >= 0.6 is 0 Å². The maximum atomic E-state index is 11.9. The molecule has 0 aliphatic carbocycles. The molecule has 0 N–H and O–H groups in total. The summed E-state index contributed by atoms with van der Waals surface area (Å²) in [6.45, 7) is 8.58. The van der Waals surface area contributed by atoms with E-state index in [-0.39, 0.29) is 11.8 Å². The Kier molecular flexibility index (Phi) is 3.82. The predicted octanol–water partition coefficient (Wildman–Crippen LogP) is 1.73. The van der Waals surface area contributed by atoms with Crippen LogP contribution in [0.5, 0.6) is 0 Å². The molecule has 1 unspecified atom stereocenters. The van der Waals surface area contributed by atoms with Crippen molar-refractivity contribution in [2.24, 2.45) is 17.8 Å². The molecule has 1 fully saturated rings. The first-order chi connectivity index (χ1) is 7.78. The summed E-state index contributed by atoms with van der Waals surface area (Å²) < 4.78 is 10.2. The lowest BCUT2D eigenvalue weighted by atomic mass is 9.83. The number of carbonyl (C=O) groups is 2. The van der Waals surface area contributed by atoms with Crippen molar-refractivity contribution in [1.29, 1.82) is 0 Å². The molecule has 4 heteroatoms. The molecular weight excluding hydrogens is 220 g/mol. The molecule has 1 rings (SSSR count). The molecule has 0 aromatic carbocycles. The summed E-state index contributed by atoms with van der Waals surface area (Å²) in [4.78, 5) is 23.7. The van der Waals surface area contributed by atoms with Gasteiger partial charge in [0.15, 0.2) is 5.92 Å². The van der Waals surface area contributed by atoms with Crippen molar-refractivity contribution in [3.63, 3.8) is 0 Å². The van der Waals surface area contributed by atoms with Gasteiger partial charge in [-0.2, -0.15) is 0 Å². The van der Waals surface area contributed by atoms with Gasteiger partial charge in [0.05, 0.1) is 0 Å². The molecule has 17 heavy (non-hydrogen) atoms. The van der Waals surface area contributed by atoms with Crippen LogP contribution in [0.4, 0.5) is 0 Å². The van der Waals surface area contributed by atoms with E-state index in [1.165, 1.54) is 13.8 Å². The summed E-state index contributed by atoms with van der Waals surface area (Å²) >= 11 is 0. The lowest BCUT2D eigenvalue weighted by Crippen LogP contribution is -2.49. The zero-order valence-corrected chi connectivity index (χ0v) is 10.9. The van der Waals surface area contributed by atoms with Gasteiger partial charge in [-0.3, -0.25) is 9.59 Å². The Morgan fingerprint density at radius 2 is 1.65 bits per heavy atom. The van der Waals surface area contributed by atoms with Crippen molar-refractivity contribution in [3.8, 4) is 11.8 Å². The lowest BCUT2D eigenvalue weighted by molar-refractivity contribution is -0.242. The molecular formula is C13H18O4. The Labute approximate surface area is 102 Å². The zero-order valence-electron chi connectivity index (χ0n) is 10.9. The van der Waals surface area contributed by atoms with Crippen molar-refractivity contribution in [2.75, 3.05) is 0 Å². The highest BCUT2D eigenvalue weighted by Crippen LogP contribution is 2.30. The number of cyclic esters (lactones) is 2. The molecule has 0 bridgehead atoms. The summed E-state index contributed by atoms with van der Waals surface area (Å²) in [6.07, 6.45) is 0. The van der Waals surface area contributed by atoms with E-state index in [0.717, 1.165) is 0 Å². The number of hydrogen-bond donors (Lipinski definition) is 0. The molecule has 1 atom stereocenters. The molecule has 0 saturated carbocycles. The summed E-state index contributed by atoms with van der Waals surface area (Å²) in [7, 11) is 0. The highest BCUT2D eigenvalue weighted by Gasteiger charge is 2.47. The fourth-order valence-electron chi connectivity index (χ4n) is 1.82. The minimum absolute atomic E-state index is 0.0776. The maximum absolute atomic E-state index is 11.9. The fraction of sp³-hybridized carbons (Fsp3) is 0.692. The zero-order chi connectivity index (χ0) is 13.2. The van der Waals surface area contributed by atoms with Crippen LogP contribution in [0.1, 0.15) is 34.6 Å². The lowest BCUT2D eigenvalue weighted by Gasteiger charge is -2.35. The Balaban J connectivity index is 3.00. The van der Waals surface area contributed by atoms with Crippen LogP contribution in [0.15, 0.2) is 0 Å². The Morgan fingerprint density at radius 3 is 2.00 bits per heavy atom. The van der Waals surface area contributed by atoms with Gasteiger partial charge in [-0.25, -0.2) is 0 Å². The average Bonchev–Trinajstić information content (AvgIpc) is 2.12. The first-order valence-electron chi connectivity index (χ1n) is 5.66. The second-order valence-electron chi connectivity index (χ2n) is 4.88. The summed E-state index contributed by atoms with van der Waals surface area (Å²) in [5, 5.41) is 0. The van der Waals surface area contributed by atoms with Crippen LogP contribution in [0.2, 0.25) is 0 Å². The highest BCUT2D eigenvalue weighted by molar-refractivity contribution is 5.97. The summed E-state index contributed by atoms with van der Waals surface area (Å²) in [5.41, 5.74) is 0.